The Bertz CT molecular complexity index is 696. The molecule has 0 aliphatic carbocycles. The summed E-state index contributed by atoms with van der Waals surface area (Å²) < 4.78 is 2.29. The van der Waals surface area contributed by atoms with Crippen LogP contribution in [0.3, 0.4) is 0 Å². The van der Waals surface area contributed by atoms with E-state index in [0.717, 1.165) is 25.9 Å². The molecule has 0 saturated heterocycles. The molecule has 2 atom stereocenters. The van der Waals surface area contributed by atoms with Gasteiger partial charge in [-0.25, -0.2) is 4.57 Å². The Balaban J connectivity index is 1.82. The molecule has 43 heavy (non-hydrogen) atoms. The zero-order valence-electron chi connectivity index (χ0n) is 28.5. The number of aliphatic hydroxyl groups excluding tert-OH is 2. The first kappa shape index (κ1) is 39.8. The fraction of sp³-hybridized carbons (Fsp3) is 0.821. The van der Waals surface area contributed by atoms with E-state index >= 15 is 0 Å². The maximum Gasteiger partial charge on any atom is 0.168 e. The Morgan fingerprint density at radius 3 is 1.51 bits per heavy atom. The number of allylic oxidation sites excluding steroid dienone is 1. The van der Waals surface area contributed by atoms with Crippen molar-refractivity contribution in [3.8, 4) is 0 Å². The van der Waals surface area contributed by atoms with Gasteiger partial charge in [-0.3, -0.25) is 0 Å². The van der Waals surface area contributed by atoms with Gasteiger partial charge in [0, 0.05) is 18.6 Å². The summed E-state index contributed by atoms with van der Waals surface area (Å²) in [5.74, 6) is 0. The second-order valence-corrected chi connectivity index (χ2v) is 13.0. The molecule has 0 amide bonds. The monoisotopic (exact) mass is 602 g/mol. The smallest absolute Gasteiger partial charge is 0.168 e. The Morgan fingerprint density at radius 2 is 1.02 bits per heavy atom. The molecular formula is C39H73N2O2+. The molecule has 0 aliphatic rings. The van der Waals surface area contributed by atoms with Crippen LogP contribution in [0.25, 0.3) is 0 Å². The molecule has 0 radical (unpaired) electrons. The van der Waals surface area contributed by atoms with Crippen LogP contribution >= 0.6 is 0 Å². The third-order valence-corrected chi connectivity index (χ3v) is 8.94. The van der Waals surface area contributed by atoms with Crippen molar-refractivity contribution in [3.63, 3.8) is 0 Å². The summed E-state index contributed by atoms with van der Waals surface area (Å²) in [6.45, 7) is 4.29. The van der Waals surface area contributed by atoms with E-state index in [2.05, 4.69) is 53.5 Å². The van der Waals surface area contributed by atoms with Crippen molar-refractivity contribution < 1.29 is 14.8 Å². The van der Waals surface area contributed by atoms with Crippen LogP contribution in [0.5, 0.6) is 0 Å². The van der Waals surface area contributed by atoms with Gasteiger partial charge in [-0.1, -0.05) is 160 Å². The lowest BCUT2D eigenvalue weighted by molar-refractivity contribution is -0.697. The number of hydrogen-bond donors (Lipinski definition) is 3. The highest BCUT2D eigenvalue weighted by molar-refractivity contribution is 4.94. The van der Waals surface area contributed by atoms with Gasteiger partial charge in [0.05, 0.1) is 18.8 Å². The van der Waals surface area contributed by atoms with Gasteiger partial charge in [0.15, 0.2) is 12.4 Å². The van der Waals surface area contributed by atoms with Crippen LogP contribution in [0.1, 0.15) is 174 Å². The highest BCUT2D eigenvalue weighted by Gasteiger charge is 2.14. The molecule has 0 fully saturated rings. The van der Waals surface area contributed by atoms with E-state index < -0.39 is 6.10 Å². The third kappa shape index (κ3) is 26.9. The molecule has 0 aromatic carbocycles. The molecule has 3 N–H and O–H groups in total. The van der Waals surface area contributed by atoms with Crippen molar-refractivity contribution in [2.75, 3.05) is 13.2 Å². The molecule has 0 saturated carbocycles. The molecule has 1 heterocycles. The third-order valence-electron chi connectivity index (χ3n) is 8.94. The lowest BCUT2D eigenvalue weighted by atomic mass is 10.0. The van der Waals surface area contributed by atoms with Gasteiger partial charge in [0.25, 0.3) is 0 Å². The SMILES string of the molecule is CCCCCCCCCCCCC/C=C/[C@H](O)[C@H](CO)NCCCCCCCCCCCCCCCC[n+]1ccccc1. The van der Waals surface area contributed by atoms with Gasteiger partial charge < -0.3 is 15.5 Å². The molecule has 0 unspecified atom stereocenters. The van der Waals surface area contributed by atoms with Crippen LogP contribution in [0, 0.1) is 0 Å². The molecule has 0 aliphatic heterocycles. The van der Waals surface area contributed by atoms with E-state index in [1.165, 1.54) is 154 Å². The topological polar surface area (TPSA) is 56.4 Å². The Morgan fingerprint density at radius 1 is 0.581 bits per heavy atom. The largest absolute Gasteiger partial charge is 0.395 e. The minimum atomic E-state index is -0.601. The highest BCUT2D eigenvalue weighted by atomic mass is 16.3. The van der Waals surface area contributed by atoms with Crippen molar-refractivity contribution >= 4 is 0 Å². The van der Waals surface area contributed by atoms with Gasteiger partial charge >= 0.3 is 0 Å². The predicted molar refractivity (Wildman–Crippen MR) is 186 cm³/mol. The molecular weight excluding hydrogens is 528 g/mol. The molecule has 250 valence electrons. The molecule has 0 bridgehead atoms. The summed E-state index contributed by atoms with van der Waals surface area (Å²) in [6, 6.07) is 6.05. The minimum Gasteiger partial charge on any atom is -0.395 e. The lowest BCUT2D eigenvalue weighted by Crippen LogP contribution is -2.42. The standard InChI is InChI=1S/C39H73N2O2/c1-2-3-4-5-6-7-8-11-14-17-20-23-27-32-39(43)38(37-42)40-33-28-24-21-18-15-12-9-10-13-16-19-22-25-29-34-41-35-30-26-31-36-41/h26-27,30-32,35-36,38-40,42-43H,2-25,28-29,33-34,37H2,1H3/q+1/b32-27+/t38-,39-/m0/s1. The van der Waals surface area contributed by atoms with Gasteiger partial charge in [0.2, 0.25) is 0 Å². The number of unbranched alkanes of at least 4 members (excludes halogenated alkanes) is 24. The molecule has 4 heteroatoms. The lowest BCUT2D eigenvalue weighted by Gasteiger charge is -2.19. The number of rotatable bonds is 33. The van der Waals surface area contributed by atoms with Gasteiger partial charge in [-0.05, 0) is 32.2 Å². The summed E-state index contributed by atoms with van der Waals surface area (Å²) >= 11 is 0. The molecule has 4 nitrogen and oxygen atoms in total. The van der Waals surface area contributed by atoms with E-state index in [9.17, 15) is 10.2 Å². The van der Waals surface area contributed by atoms with Crippen LogP contribution < -0.4 is 9.88 Å². The average Bonchev–Trinajstić information content (AvgIpc) is 3.03. The van der Waals surface area contributed by atoms with E-state index in [-0.39, 0.29) is 12.6 Å². The van der Waals surface area contributed by atoms with E-state index in [1.807, 2.05) is 6.08 Å². The number of nitrogens with zero attached hydrogens (tertiary/aromatic N) is 1. The van der Waals surface area contributed by atoms with Crippen molar-refractivity contribution in [1.82, 2.24) is 5.32 Å². The number of pyridine rings is 1. The Kier molecular flexibility index (Phi) is 29.8. The van der Waals surface area contributed by atoms with Crippen molar-refractivity contribution in [2.24, 2.45) is 0 Å². The number of nitrogens with one attached hydrogen (secondary N) is 1. The van der Waals surface area contributed by atoms with Gasteiger partial charge in [0.1, 0.15) is 6.54 Å². The summed E-state index contributed by atoms with van der Waals surface area (Å²) in [7, 11) is 0. The first-order valence-electron chi connectivity index (χ1n) is 18.9. The van der Waals surface area contributed by atoms with Gasteiger partial charge in [-0.15, -0.1) is 0 Å². The minimum absolute atomic E-state index is 0.0165. The maximum absolute atomic E-state index is 10.4. The fourth-order valence-corrected chi connectivity index (χ4v) is 6.00. The predicted octanol–water partition coefficient (Wildman–Crippen LogP) is 10.0. The Labute approximate surface area is 268 Å². The quantitative estimate of drug-likeness (QED) is 0.0427. The molecule has 1 rings (SSSR count). The van der Waals surface area contributed by atoms with Gasteiger partial charge in [-0.2, -0.15) is 0 Å². The summed E-state index contributed by atoms with van der Waals surface area (Å²) in [6.07, 6.45) is 42.5. The van der Waals surface area contributed by atoms with Crippen molar-refractivity contribution in [1.29, 1.82) is 0 Å². The number of aliphatic hydroxyl groups is 2. The van der Waals surface area contributed by atoms with Crippen LogP contribution in [-0.2, 0) is 6.54 Å². The summed E-state index contributed by atoms with van der Waals surface area (Å²) in [5.41, 5.74) is 0. The van der Waals surface area contributed by atoms with Crippen molar-refractivity contribution in [2.45, 2.75) is 193 Å². The summed E-state index contributed by atoms with van der Waals surface area (Å²) in [5, 5.41) is 23.5. The zero-order valence-corrected chi connectivity index (χ0v) is 28.5. The van der Waals surface area contributed by atoms with Crippen LogP contribution in [0.4, 0.5) is 0 Å². The van der Waals surface area contributed by atoms with E-state index in [1.54, 1.807) is 0 Å². The molecule has 0 spiro atoms. The Hall–Kier alpha value is -1.23. The second kappa shape index (κ2) is 32.2. The number of hydrogen-bond acceptors (Lipinski definition) is 3. The maximum atomic E-state index is 10.4. The van der Waals surface area contributed by atoms with Crippen LogP contribution in [-0.4, -0.2) is 35.5 Å². The highest BCUT2D eigenvalue weighted by Crippen LogP contribution is 2.14. The van der Waals surface area contributed by atoms with E-state index in [0.29, 0.717) is 0 Å². The first-order valence-corrected chi connectivity index (χ1v) is 18.9. The first-order chi connectivity index (χ1) is 21.3. The molecule has 1 aromatic heterocycles. The normalized spacial score (nSPS) is 13.2. The molecule has 1 aromatic rings. The summed E-state index contributed by atoms with van der Waals surface area (Å²) in [4.78, 5) is 0. The zero-order chi connectivity index (χ0) is 30.9. The van der Waals surface area contributed by atoms with E-state index in [4.69, 9.17) is 0 Å². The number of aromatic nitrogens is 1. The van der Waals surface area contributed by atoms with Crippen molar-refractivity contribution in [3.05, 3.63) is 42.7 Å². The average molecular weight is 602 g/mol. The fourth-order valence-electron chi connectivity index (χ4n) is 6.00. The second-order valence-electron chi connectivity index (χ2n) is 13.0. The van der Waals surface area contributed by atoms with Crippen LogP contribution in [0.2, 0.25) is 0 Å². The van der Waals surface area contributed by atoms with Crippen LogP contribution in [0.15, 0.2) is 42.7 Å². The number of aryl methyl sites for hydroxylation is 1.